The smallest absolute Gasteiger partial charge is 0.326 e. The summed E-state index contributed by atoms with van der Waals surface area (Å²) in [5, 5.41) is 32.3. The van der Waals surface area contributed by atoms with Crippen LogP contribution in [0.4, 0.5) is 49.3 Å². The summed E-state index contributed by atoms with van der Waals surface area (Å²) < 4.78 is 10.2. The first-order valence-electron chi connectivity index (χ1n) is 22.7. The normalized spacial score (nSPS) is 10.8. The molecule has 7 heterocycles. The van der Waals surface area contributed by atoms with Gasteiger partial charge in [0.2, 0.25) is 0 Å². The summed E-state index contributed by atoms with van der Waals surface area (Å²) in [5.41, 5.74) is 6.99. The number of ether oxygens (including phenoxy) is 1. The summed E-state index contributed by atoms with van der Waals surface area (Å²) >= 11 is 0. The van der Waals surface area contributed by atoms with Crippen LogP contribution in [0.1, 0.15) is 11.4 Å². The van der Waals surface area contributed by atoms with Crippen LogP contribution in [0.5, 0.6) is 5.75 Å². The molecule has 0 aliphatic heterocycles. The molecule has 3 aromatic carbocycles. The highest BCUT2D eigenvalue weighted by Gasteiger charge is 2.25. The number of aromatic nitrogens is 10. The Morgan fingerprint density at radius 2 is 0.973 bits per heavy atom. The minimum atomic E-state index is -0.572. The molecular formula is C53H44N16O4. The van der Waals surface area contributed by atoms with Gasteiger partial charge in [-0.15, -0.1) is 0 Å². The number of anilines is 6. The average molecular weight is 969 g/mol. The topological polar surface area (TPSA) is 238 Å². The van der Waals surface area contributed by atoms with Crippen LogP contribution < -0.4 is 36.6 Å². The summed E-state index contributed by atoms with van der Waals surface area (Å²) in [4.78, 5) is 58.1. The van der Waals surface area contributed by atoms with Gasteiger partial charge in [-0.2, -0.15) is 15.3 Å². The fourth-order valence-electron chi connectivity index (χ4n) is 8.06. The van der Waals surface area contributed by atoms with Gasteiger partial charge in [-0.3, -0.25) is 36.9 Å². The van der Waals surface area contributed by atoms with Crippen molar-refractivity contribution in [3.63, 3.8) is 0 Å². The summed E-state index contributed by atoms with van der Waals surface area (Å²) in [5.74, 6) is 2.64. The van der Waals surface area contributed by atoms with Gasteiger partial charge in [0.1, 0.15) is 40.7 Å². The monoisotopic (exact) mass is 968 g/mol. The third-order valence-corrected chi connectivity index (χ3v) is 11.3. The first-order valence-corrected chi connectivity index (χ1v) is 22.7. The predicted octanol–water partition coefficient (Wildman–Crippen LogP) is 10.4. The van der Waals surface area contributed by atoms with E-state index >= 15 is 0 Å². The first kappa shape index (κ1) is 46.2. The van der Waals surface area contributed by atoms with Gasteiger partial charge in [-0.25, -0.2) is 43.4 Å². The number of aryl methyl sites for hydroxylation is 2. The molecule has 73 heavy (non-hydrogen) atoms. The molecule has 0 aliphatic rings. The molecule has 10 aromatic rings. The molecule has 0 saturated heterocycles. The first-order chi connectivity index (χ1) is 35.7. The standard InChI is InChI=1S/C53H44N16O4/c1-33-47(49(68(64-33)38-15-5-4-6-16-38)62-53(72)60-45-22-21-41(73-3)32-57-45)37-14-12-18-40(30-37)69-50(63-52(71)59-44-20-8-10-26-56-44)48(34(2)65-69)36-13-11-17-39(29-36)67-46(31-42(66-67)35-23-27-54-28-24-35)61-51(70)58-43-19-7-9-25-55-43/h4-32H,1-3H3,(H2,55,58,61,70)(H2,56,59,63,71)(H2,57,60,62,72). The molecule has 0 unspecified atom stereocenters. The number of benzene rings is 3. The van der Waals surface area contributed by atoms with E-state index in [4.69, 9.17) is 20.0 Å². The number of para-hydroxylation sites is 1. The Balaban J connectivity index is 1.05. The second kappa shape index (κ2) is 20.6. The molecule has 0 bridgehead atoms. The molecule has 0 aliphatic carbocycles. The molecule has 7 aromatic heterocycles. The Kier molecular flexibility index (Phi) is 13.1. The van der Waals surface area contributed by atoms with E-state index in [0.717, 1.165) is 5.56 Å². The number of hydrogen-bond donors (Lipinski definition) is 6. The van der Waals surface area contributed by atoms with Gasteiger partial charge in [0, 0.05) is 47.5 Å². The number of hydrogen-bond acceptors (Lipinski definition) is 11. The lowest BCUT2D eigenvalue weighted by atomic mass is 10.0. The Morgan fingerprint density at radius 3 is 1.51 bits per heavy atom. The van der Waals surface area contributed by atoms with Crippen LogP contribution in [-0.2, 0) is 0 Å². The Morgan fingerprint density at radius 1 is 0.452 bits per heavy atom. The van der Waals surface area contributed by atoms with E-state index in [9.17, 15) is 14.4 Å². The molecule has 6 N–H and O–H groups in total. The summed E-state index contributed by atoms with van der Waals surface area (Å²) in [6.07, 6.45) is 8.01. The number of nitrogens with one attached hydrogen (secondary N) is 6. The lowest BCUT2D eigenvalue weighted by Crippen LogP contribution is -2.22. The van der Waals surface area contributed by atoms with Gasteiger partial charge in [0.25, 0.3) is 0 Å². The zero-order valence-electron chi connectivity index (χ0n) is 39.3. The SMILES string of the molecule is COc1ccc(NC(=O)Nc2c(-c3cccc(-n4nc(C)c(-c5cccc(-n6nc(-c7ccncc7)cc6NC(=O)Nc6ccccn6)c5)c4NC(=O)Nc4ccccn4)c3)c(C)nn2-c2ccccc2)nc1. The number of carbonyl (C=O) groups excluding carboxylic acids is 3. The lowest BCUT2D eigenvalue weighted by molar-refractivity contribution is 0.261. The van der Waals surface area contributed by atoms with Gasteiger partial charge in [-0.1, -0.05) is 54.6 Å². The number of rotatable bonds is 13. The third-order valence-electron chi connectivity index (χ3n) is 11.3. The Hall–Kier alpha value is -10.5. The zero-order chi connectivity index (χ0) is 50.3. The molecule has 0 atom stereocenters. The second-order valence-electron chi connectivity index (χ2n) is 16.2. The van der Waals surface area contributed by atoms with Crippen LogP contribution in [0.15, 0.2) is 177 Å². The maximum atomic E-state index is 14.0. The highest BCUT2D eigenvalue weighted by atomic mass is 16.5. The van der Waals surface area contributed by atoms with E-state index in [1.807, 2.05) is 105 Å². The van der Waals surface area contributed by atoms with Crippen LogP contribution in [0.2, 0.25) is 0 Å². The van der Waals surface area contributed by atoms with Gasteiger partial charge < -0.3 is 4.74 Å². The fraction of sp³-hybridized carbons (Fsp3) is 0.0566. The van der Waals surface area contributed by atoms with Gasteiger partial charge in [0.15, 0.2) is 0 Å². The van der Waals surface area contributed by atoms with Crippen molar-refractivity contribution in [3.8, 4) is 56.3 Å². The van der Waals surface area contributed by atoms with Gasteiger partial charge in [-0.05, 0) is 110 Å². The molecule has 360 valence electrons. The highest BCUT2D eigenvalue weighted by molar-refractivity contribution is 6.03. The largest absolute Gasteiger partial charge is 0.495 e. The minimum absolute atomic E-state index is 0.312. The van der Waals surface area contributed by atoms with Crippen LogP contribution in [0.3, 0.4) is 0 Å². The molecule has 20 heteroatoms. The van der Waals surface area contributed by atoms with E-state index < -0.39 is 18.1 Å². The van der Waals surface area contributed by atoms with Crippen molar-refractivity contribution in [2.45, 2.75) is 13.8 Å². The van der Waals surface area contributed by atoms with Crippen LogP contribution in [0, 0.1) is 13.8 Å². The number of nitrogens with zero attached hydrogens (tertiary/aromatic N) is 10. The van der Waals surface area contributed by atoms with Crippen LogP contribution >= 0.6 is 0 Å². The maximum absolute atomic E-state index is 14.0. The van der Waals surface area contributed by atoms with E-state index in [1.165, 1.54) is 13.3 Å². The van der Waals surface area contributed by atoms with Crippen LogP contribution in [0.25, 0.3) is 50.6 Å². The van der Waals surface area contributed by atoms with Gasteiger partial charge >= 0.3 is 18.1 Å². The predicted molar refractivity (Wildman–Crippen MR) is 279 cm³/mol. The van der Waals surface area contributed by atoms with Crippen molar-refractivity contribution in [2.75, 3.05) is 39.0 Å². The molecule has 0 saturated carbocycles. The lowest BCUT2D eigenvalue weighted by Gasteiger charge is -2.15. The maximum Gasteiger partial charge on any atom is 0.326 e. The second-order valence-corrected chi connectivity index (χ2v) is 16.2. The molecular weight excluding hydrogens is 925 g/mol. The van der Waals surface area contributed by atoms with Crippen molar-refractivity contribution in [1.82, 2.24) is 49.3 Å². The summed E-state index contributed by atoms with van der Waals surface area (Å²) in [6.45, 7) is 3.71. The molecule has 6 amide bonds. The average Bonchev–Trinajstić information content (AvgIpc) is 4.09. The van der Waals surface area contributed by atoms with E-state index in [0.29, 0.717) is 97.1 Å². The third kappa shape index (κ3) is 10.3. The minimum Gasteiger partial charge on any atom is -0.495 e. The highest BCUT2D eigenvalue weighted by Crippen LogP contribution is 2.39. The van der Waals surface area contributed by atoms with Crippen LogP contribution in [-0.4, -0.2) is 74.5 Å². The fourth-order valence-corrected chi connectivity index (χ4v) is 8.06. The number of urea groups is 3. The van der Waals surface area contributed by atoms with E-state index in [-0.39, 0.29) is 0 Å². The molecule has 10 rings (SSSR count). The molecule has 0 spiro atoms. The van der Waals surface area contributed by atoms with E-state index in [1.54, 1.807) is 93.4 Å². The van der Waals surface area contributed by atoms with Crippen molar-refractivity contribution in [2.24, 2.45) is 0 Å². The van der Waals surface area contributed by atoms with E-state index in [2.05, 4.69) is 51.8 Å². The number of methoxy groups -OCH3 is 1. The Labute approximate surface area is 417 Å². The summed E-state index contributed by atoms with van der Waals surface area (Å²) in [6, 6.07) is 42.0. The van der Waals surface area contributed by atoms with Crippen molar-refractivity contribution in [1.29, 1.82) is 0 Å². The van der Waals surface area contributed by atoms with Crippen molar-refractivity contribution < 1.29 is 19.1 Å². The summed E-state index contributed by atoms with van der Waals surface area (Å²) in [7, 11) is 1.54. The van der Waals surface area contributed by atoms with Crippen molar-refractivity contribution >= 4 is 53.0 Å². The Bertz CT molecular complexity index is 3580. The molecule has 0 radical (unpaired) electrons. The molecule has 0 fully saturated rings. The number of amides is 6. The zero-order valence-corrected chi connectivity index (χ0v) is 39.3. The number of pyridine rings is 4. The van der Waals surface area contributed by atoms with Gasteiger partial charge in [0.05, 0.1) is 47.5 Å². The van der Waals surface area contributed by atoms with Crippen molar-refractivity contribution in [3.05, 3.63) is 188 Å². The number of carbonyl (C=O) groups is 3. The molecule has 20 nitrogen and oxygen atoms in total. The quantitative estimate of drug-likeness (QED) is 0.0635.